The molecule has 1 saturated heterocycles. The van der Waals surface area contributed by atoms with Gasteiger partial charge >= 0.3 is 0 Å². The number of anilines is 2. The molecule has 3 N–H and O–H groups in total. The molecule has 1 aliphatic carbocycles. The Morgan fingerprint density at radius 1 is 1.25 bits per heavy atom. The van der Waals surface area contributed by atoms with Gasteiger partial charge in [-0.2, -0.15) is 0 Å². The molecule has 0 amide bonds. The van der Waals surface area contributed by atoms with E-state index in [2.05, 4.69) is 22.2 Å². The van der Waals surface area contributed by atoms with Gasteiger partial charge in [0.15, 0.2) is 0 Å². The first-order valence-corrected chi connectivity index (χ1v) is 7.90. The van der Waals surface area contributed by atoms with Gasteiger partial charge in [0.25, 0.3) is 0 Å². The van der Waals surface area contributed by atoms with Gasteiger partial charge in [-0.15, -0.1) is 0 Å². The van der Waals surface area contributed by atoms with Crippen molar-refractivity contribution in [2.45, 2.75) is 51.4 Å². The Bertz CT molecular complexity index is 458. The topological polar surface area (TPSA) is 67.1 Å². The Morgan fingerprint density at radius 3 is 2.80 bits per heavy atom. The van der Waals surface area contributed by atoms with Crippen LogP contribution < -0.4 is 16.2 Å². The molecular weight excluding hydrogens is 250 g/mol. The molecule has 0 bridgehead atoms. The molecule has 1 aromatic heterocycles. The van der Waals surface area contributed by atoms with Crippen LogP contribution in [0.3, 0.4) is 0 Å². The monoisotopic (exact) mass is 275 g/mol. The number of aromatic nitrogens is 2. The summed E-state index contributed by atoms with van der Waals surface area (Å²) in [5.74, 6) is 9.73. The van der Waals surface area contributed by atoms with Crippen molar-refractivity contribution in [1.82, 2.24) is 9.97 Å². The van der Waals surface area contributed by atoms with E-state index in [1.54, 1.807) is 0 Å². The first-order chi connectivity index (χ1) is 9.80. The highest BCUT2D eigenvalue weighted by atomic mass is 15.3. The quantitative estimate of drug-likeness (QED) is 0.653. The summed E-state index contributed by atoms with van der Waals surface area (Å²) >= 11 is 0. The van der Waals surface area contributed by atoms with Gasteiger partial charge < -0.3 is 10.3 Å². The number of rotatable bonds is 4. The van der Waals surface area contributed by atoms with Crippen LogP contribution in [0.5, 0.6) is 0 Å². The molecule has 0 spiro atoms. The van der Waals surface area contributed by atoms with Crippen LogP contribution in [0.4, 0.5) is 11.6 Å². The largest absolute Gasteiger partial charge is 0.356 e. The van der Waals surface area contributed by atoms with Crippen LogP contribution in [0, 0.1) is 5.92 Å². The average molecular weight is 275 g/mol. The van der Waals surface area contributed by atoms with Gasteiger partial charge in [-0.1, -0.05) is 13.3 Å². The number of hydrazine groups is 1. The first-order valence-electron chi connectivity index (χ1n) is 7.90. The summed E-state index contributed by atoms with van der Waals surface area (Å²) in [6.45, 7) is 4.50. The van der Waals surface area contributed by atoms with E-state index in [4.69, 9.17) is 10.8 Å². The third kappa shape index (κ3) is 3.03. The van der Waals surface area contributed by atoms with Crippen molar-refractivity contribution in [3.8, 4) is 0 Å². The normalized spacial score (nSPS) is 23.5. The average Bonchev–Trinajstić information content (AvgIpc) is 3.32. The summed E-state index contributed by atoms with van der Waals surface area (Å²) in [5.41, 5.74) is 2.69. The number of nitrogens with zero attached hydrogens (tertiary/aromatic N) is 3. The maximum Gasteiger partial charge on any atom is 0.145 e. The number of nitrogen functional groups attached to an aromatic ring is 1. The highest BCUT2D eigenvalue weighted by Crippen LogP contribution is 2.39. The smallest absolute Gasteiger partial charge is 0.145 e. The minimum Gasteiger partial charge on any atom is -0.356 e. The molecule has 1 unspecified atom stereocenters. The molecule has 1 aromatic rings. The van der Waals surface area contributed by atoms with Crippen LogP contribution >= 0.6 is 0 Å². The fourth-order valence-electron chi connectivity index (χ4n) is 3.02. The Kier molecular flexibility index (Phi) is 4.05. The van der Waals surface area contributed by atoms with Crippen LogP contribution in [0.1, 0.15) is 57.2 Å². The fourth-order valence-corrected chi connectivity index (χ4v) is 3.02. The third-order valence-electron chi connectivity index (χ3n) is 4.57. The molecule has 2 heterocycles. The Hall–Kier alpha value is -1.36. The molecule has 5 nitrogen and oxygen atoms in total. The lowest BCUT2D eigenvalue weighted by Gasteiger charge is -2.22. The van der Waals surface area contributed by atoms with Crippen molar-refractivity contribution in [1.29, 1.82) is 0 Å². The molecular formula is C15H25N5. The zero-order valence-electron chi connectivity index (χ0n) is 12.3. The standard InChI is InChI=1S/C15H25N5/c1-2-11-4-3-8-20(9-7-11)14-10-13(19-16)17-15(18-14)12-5-6-12/h10-12H,2-9,16H2,1H3,(H,17,18,19). The Morgan fingerprint density at radius 2 is 2.10 bits per heavy atom. The van der Waals surface area contributed by atoms with Crippen molar-refractivity contribution in [3.05, 3.63) is 11.9 Å². The van der Waals surface area contributed by atoms with Gasteiger partial charge in [-0.3, -0.25) is 0 Å². The molecule has 5 heteroatoms. The Balaban J connectivity index is 1.79. The van der Waals surface area contributed by atoms with Crippen LogP contribution in [0.2, 0.25) is 0 Å². The number of hydrogen-bond donors (Lipinski definition) is 2. The second-order valence-corrected chi connectivity index (χ2v) is 6.08. The summed E-state index contributed by atoms with van der Waals surface area (Å²) in [4.78, 5) is 11.7. The molecule has 2 fully saturated rings. The van der Waals surface area contributed by atoms with Gasteiger partial charge in [0.2, 0.25) is 0 Å². The fraction of sp³-hybridized carbons (Fsp3) is 0.733. The zero-order chi connectivity index (χ0) is 13.9. The molecule has 0 aromatic carbocycles. The van der Waals surface area contributed by atoms with E-state index >= 15 is 0 Å². The lowest BCUT2D eigenvalue weighted by Crippen LogP contribution is -2.26. The molecule has 1 aliphatic heterocycles. The Labute approximate surface area is 120 Å². The third-order valence-corrected chi connectivity index (χ3v) is 4.57. The molecule has 20 heavy (non-hydrogen) atoms. The van der Waals surface area contributed by atoms with Gasteiger partial charge in [0.1, 0.15) is 17.5 Å². The van der Waals surface area contributed by atoms with E-state index in [0.29, 0.717) is 5.92 Å². The van der Waals surface area contributed by atoms with E-state index in [-0.39, 0.29) is 0 Å². The second-order valence-electron chi connectivity index (χ2n) is 6.08. The van der Waals surface area contributed by atoms with Crippen molar-refractivity contribution in [3.63, 3.8) is 0 Å². The summed E-state index contributed by atoms with van der Waals surface area (Å²) in [6.07, 6.45) is 7.59. The summed E-state index contributed by atoms with van der Waals surface area (Å²) < 4.78 is 0. The molecule has 2 aliphatic rings. The van der Waals surface area contributed by atoms with E-state index in [1.165, 1.54) is 38.5 Å². The lowest BCUT2D eigenvalue weighted by atomic mass is 9.98. The molecule has 3 rings (SSSR count). The highest BCUT2D eigenvalue weighted by molar-refractivity contribution is 5.49. The van der Waals surface area contributed by atoms with E-state index < -0.39 is 0 Å². The van der Waals surface area contributed by atoms with Crippen LogP contribution in [-0.2, 0) is 0 Å². The maximum absolute atomic E-state index is 5.55. The van der Waals surface area contributed by atoms with Crippen LogP contribution in [-0.4, -0.2) is 23.1 Å². The minimum atomic E-state index is 0.553. The number of hydrogen-bond acceptors (Lipinski definition) is 5. The van der Waals surface area contributed by atoms with Crippen molar-refractivity contribution >= 4 is 11.6 Å². The van der Waals surface area contributed by atoms with Gasteiger partial charge in [0, 0.05) is 25.1 Å². The van der Waals surface area contributed by atoms with E-state index in [0.717, 1.165) is 36.5 Å². The van der Waals surface area contributed by atoms with Crippen molar-refractivity contribution in [2.24, 2.45) is 11.8 Å². The predicted octanol–water partition coefficient (Wildman–Crippen LogP) is 2.66. The minimum absolute atomic E-state index is 0.553. The van der Waals surface area contributed by atoms with Crippen LogP contribution in [0.25, 0.3) is 0 Å². The van der Waals surface area contributed by atoms with E-state index in [1.807, 2.05) is 6.07 Å². The van der Waals surface area contributed by atoms with Crippen molar-refractivity contribution < 1.29 is 0 Å². The molecule has 1 atom stereocenters. The molecule has 1 saturated carbocycles. The maximum atomic E-state index is 5.55. The molecule has 110 valence electrons. The van der Waals surface area contributed by atoms with Crippen LogP contribution in [0.15, 0.2) is 6.07 Å². The van der Waals surface area contributed by atoms with E-state index in [9.17, 15) is 0 Å². The van der Waals surface area contributed by atoms with Gasteiger partial charge in [-0.25, -0.2) is 15.8 Å². The summed E-state index contributed by atoms with van der Waals surface area (Å²) in [5, 5.41) is 0. The lowest BCUT2D eigenvalue weighted by molar-refractivity contribution is 0.459. The first kappa shape index (κ1) is 13.6. The summed E-state index contributed by atoms with van der Waals surface area (Å²) in [6, 6.07) is 1.98. The van der Waals surface area contributed by atoms with Gasteiger partial charge in [-0.05, 0) is 38.0 Å². The zero-order valence-corrected chi connectivity index (χ0v) is 12.3. The SMILES string of the molecule is CCC1CCCN(c2cc(NN)nc(C3CC3)n2)CC1. The summed E-state index contributed by atoms with van der Waals surface area (Å²) in [7, 11) is 0. The van der Waals surface area contributed by atoms with Crippen molar-refractivity contribution in [2.75, 3.05) is 23.4 Å². The number of nitrogens with two attached hydrogens (primary N) is 1. The second kappa shape index (κ2) is 5.95. The predicted molar refractivity (Wildman–Crippen MR) is 81.7 cm³/mol. The highest BCUT2D eigenvalue weighted by Gasteiger charge is 2.28. The number of nitrogens with one attached hydrogen (secondary N) is 1. The van der Waals surface area contributed by atoms with Gasteiger partial charge in [0.05, 0.1) is 0 Å². The molecule has 0 radical (unpaired) electrons.